The summed E-state index contributed by atoms with van der Waals surface area (Å²) in [5.41, 5.74) is 4.26. The van der Waals surface area contributed by atoms with E-state index in [0.29, 0.717) is 29.1 Å². The summed E-state index contributed by atoms with van der Waals surface area (Å²) in [6.07, 6.45) is 7.29. The predicted octanol–water partition coefficient (Wildman–Crippen LogP) is 4.48. The van der Waals surface area contributed by atoms with E-state index in [1.807, 2.05) is 64.2 Å². The fourth-order valence-corrected chi connectivity index (χ4v) is 4.05. The quantitative estimate of drug-likeness (QED) is 0.417. The topological polar surface area (TPSA) is 67.9 Å². The number of nitrogens with zero attached hydrogens (tertiary/aromatic N) is 1. The first-order valence-electron chi connectivity index (χ1n) is 11.3. The van der Waals surface area contributed by atoms with Crippen LogP contribution in [0.5, 0.6) is 0 Å². The third-order valence-corrected chi connectivity index (χ3v) is 5.52. The third-order valence-electron chi connectivity index (χ3n) is 5.52. The van der Waals surface area contributed by atoms with Gasteiger partial charge in [-0.05, 0) is 45.4 Å². The lowest BCUT2D eigenvalue weighted by Gasteiger charge is -2.30. The van der Waals surface area contributed by atoms with Crippen molar-refractivity contribution < 1.29 is 19.1 Å². The second-order valence-corrected chi connectivity index (χ2v) is 8.10. The summed E-state index contributed by atoms with van der Waals surface area (Å²) in [5, 5.41) is 3.16. The number of carbonyl (C=O) groups excluding carboxylic acids is 2. The number of methoxy groups -OCH3 is 1. The number of hydrogen-bond donors (Lipinski definition) is 1. The number of benzene rings is 1. The Morgan fingerprint density at radius 2 is 1.73 bits per heavy atom. The summed E-state index contributed by atoms with van der Waals surface area (Å²) in [7, 11) is 3.35. The Labute approximate surface area is 197 Å². The lowest BCUT2D eigenvalue weighted by Crippen LogP contribution is -2.33. The first-order chi connectivity index (χ1) is 15.8. The molecule has 1 atom stereocenters. The number of allylic oxidation sites excluding steroid dienone is 4. The molecule has 33 heavy (non-hydrogen) atoms. The van der Waals surface area contributed by atoms with Crippen LogP contribution in [0, 0.1) is 0 Å². The highest BCUT2D eigenvalue weighted by atomic mass is 16.5. The number of rotatable bonds is 10. The normalized spacial score (nSPS) is 16.9. The first-order valence-corrected chi connectivity index (χ1v) is 11.3. The second kappa shape index (κ2) is 12.8. The SMILES string of the molecule is C/C=C\C(=C/CC)CN(C)CCOC(=O)C1=C(C)NC(C)=C(C(=O)OC)C1c1ccccc1. The highest BCUT2D eigenvalue weighted by Gasteiger charge is 2.37. The molecule has 0 bridgehead atoms. The van der Waals surface area contributed by atoms with E-state index in [1.54, 1.807) is 0 Å². The molecule has 2 rings (SSSR count). The molecular formula is C27H36N2O4. The Hall–Kier alpha value is -3.12. The Morgan fingerprint density at radius 1 is 1.09 bits per heavy atom. The van der Waals surface area contributed by atoms with E-state index in [-0.39, 0.29) is 6.61 Å². The Kier molecular flexibility index (Phi) is 10.1. The van der Waals surface area contributed by atoms with E-state index in [2.05, 4.69) is 29.3 Å². The van der Waals surface area contributed by atoms with Gasteiger partial charge in [0.05, 0.1) is 24.2 Å². The van der Waals surface area contributed by atoms with Crippen LogP contribution in [0.2, 0.25) is 0 Å². The van der Waals surface area contributed by atoms with E-state index >= 15 is 0 Å². The summed E-state index contributed by atoms with van der Waals surface area (Å²) in [4.78, 5) is 28.0. The van der Waals surface area contributed by atoms with E-state index in [1.165, 1.54) is 12.7 Å². The largest absolute Gasteiger partial charge is 0.466 e. The molecule has 0 saturated heterocycles. The van der Waals surface area contributed by atoms with Gasteiger partial charge >= 0.3 is 11.9 Å². The van der Waals surface area contributed by atoms with Gasteiger partial charge in [-0.3, -0.25) is 4.90 Å². The highest BCUT2D eigenvalue weighted by molar-refractivity contribution is 5.99. The summed E-state index contributed by atoms with van der Waals surface area (Å²) in [6.45, 7) is 9.38. The summed E-state index contributed by atoms with van der Waals surface area (Å²) >= 11 is 0. The molecule has 0 saturated carbocycles. The van der Waals surface area contributed by atoms with Gasteiger partial charge in [-0.15, -0.1) is 0 Å². The van der Waals surface area contributed by atoms with Crippen LogP contribution in [0.25, 0.3) is 0 Å². The van der Waals surface area contributed by atoms with Crippen LogP contribution in [-0.2, 0) is 19.1 Å². The van der Waals surface area contributed by atoms with Crippen molar-refractivity contribution in [2.24, 2.45) is 0 Å². The van der Waals surface area contributed by atoms with E-state index in [0.717, 1.165) is 18.5 Å². The fourth-order valence-electron chi connectivity index (χ4n) is 4.05. The average Bonchev–Trinajstić information content (AvgIpc) is 2.79. The molecule has 1 heterocycles. The summed E-state index contributed by atoms with van der Waals surface area (Å²) in [5.74, 6) is -1.46. The zero-order valence-electron chi connectivity index (χ0n) is 20.6. The summed E-state index contributed by atoms with van der Waals surface area (Å²) < 4.78 is 10.7. The number of likely N-dealkylation sites (N-methyl/N-ethyl adjacent to an activating group) is 1. The molecule has 178 valence electrons. The molecule has 0 aromatic heterocycles. The molecule has 1 N–H and O–H groups in total. The molecule has 1 aromatic rings. The number of nitrogens with one attached hydrogen (secondary N) is 1. The monoisotopic (exact) mass is 452 g/mol. The molecular weight excluding hydrogens is 416 g/mol. The van der Waals surface area contributed by atoms with Gasteiger partial charge in [-0.1, -0.05) is 55.5 Å². The van der Waals surface area contributed by atoms with Gasteiger partial charge in [-0.2, -0.15) is 0 Å². The van der Waals surface area contributed by atoms with Crippen molar-refractivity contribution in [1.29, 1.82) is 0 Å². The highest BCUT2D eigenvalue weighted by Crippen LogP contribution is 2.39. The molecule has 1 aliphatic rings. The maximum Gasteiger partial charge on any atom is 0.336 e. The molecule has 0 spiro atoms. The van der Waals surface area contributed by atoms with E-state index < -0.39 is 17.9 Å². The lowest BCUT2D eigenvalue weighted by atomic mass is 9.80. The third kappa shape index (κ3) is 6.93. The number of esters is 2. The van der Waals surface area contributed by atoms with Crippen molar-refractivity contribution in [3.63, 3.8) is 0 Å². The average molecular weight is 453 g/mol. The van der Waals surface area contributed by atoms with Crippen molar-refractivity contribution in [2.45, 2.75) is 40.0 Å². The van der Waals surface area contributed by atoms with Gasteiger partial charge in [0.1, 0.15) is 6.61 Å². The van der Waals surface area contributed by atoms with E-state index in [4.69, 9.17) is 9.47 Å². The van der Waals surface area contributed by atoms with Gasteiger partial charge in [0.15, 0.2) is 0 Å². The van der Waals surface area contributed by atoms with Crippen molar-refractivity contribution in [3.05, 3.63) is 82.2 Å². The van der Waals surface area contributed by atoms with Crippen LogP contribution in [-0.4, -0.2) is 50.7 Å². The maximum absolute atomic E-state index is 13.2. The minimum atomic E-state index is -0.557. The van der Waals surface area contributed by atoms with Crippen molar-refractivity contribution in [3.8, 4) is 0 Å². The number of ether oxygens (including phenoxy) is 2. The summed E-state index contributed by atoms with van der Waals surface area (Å²) in [6, 6.07) is 9.49. The smallest absolute Gasteiger partial charge is 0.336 e. The molecule has 1 unspecified atom stereocenters. The van der Waals surface area contributed by atoms with E-state index in [9.17, 15) is 9.59 Å². The number of dihydropyridines is 1. The molecule has 0 aliphatic carbocycles. The molecule has 0 fully saturated rings. The van der Waals surface area contributed by atoms with Crippen LogP contribution in [0.4, 0.5) is 0 Å². The fraction of sp³-hybridized carbons (Fsp3) is 0.407. The number of hydrogen-bond acceptors (Lipinski definition) is 6. The van der Waals surface area contributed by atoms with Gasteiger partial charge < -0.3 is 14.8 Å². The Balaban J connectivity index is 2.19. The van der Waals surface area contributed by atoms with Crippen molar-refractivity contribution >= 4 is 11.9 Å². The molecule has 0 radical (unpaired) electrons. The van der Waals surface area contributed by atoms with Crippen LogP contribution in [0.15, 0.2) is 76.7 Å². The van der Waals surface area contributed by atoms with Crippen LogP contribution < -0.4 is 5.32 Å². The van der Waals surface area contributed by atoms with Gasteiger partial charge in [0.2, 0.25) is 0 Å². The van der Waals surface area contributed by atoms with Crippen molar-refractivity contribution in [1.82, 2.24) is 10.2 Å². The Bertz CT molecular complexity index is 958. The molecule has 6 heteroatoms. The van der Waals surface area contributed by atoms with Gasteiger partial charge in [0.25, 0.3) is 0 Å². The standard InChI is InChI=1S/C27H36N2O4/c1-7-12-21(13-8-2)18-29(5)16-17-33-27(31)24-20(4)28-19(3)23(26(30)32-6)25(24)22-14-10-9-11-15-22/h7,9-15,25,28H,8,16-18H2,1-6H3/b12-7-,21-13+. The van der Waals surface area contributed by atoms with Gasteiger partial charge in [0, 0.05) is 24.5 Å². The van der Waals surface area contributed by atoms with Crippen molar-refractivity contribution in [2.75, 3.05) is 33.9 Å². The molecule has 6 nitrogen and oxygen atoms in total. The minimum absolute atomic E-state index is 0.249. The second-order valence-electron chi connectivity index (χ2n) is 8.10. The zero-order chi connectivity index (χ0) is 24.4. The lowest BCUT2D eigenvalue weighted by molar-refractivity contribution is -0.139. The number of carbonyl (C=O) groups is 2. The zero-order valence-corrected chi connectivity index (χ0v) is 20.6. The molecule has 1 aromatic carbocycles. The maximum atomic E-state index is 13.2. The van der Waals surface area contributed by atoms with Gasteiger partial charge in [-0.25, -0.2) is 9.59 Å². The first kappa shape index (κ1) is 26.1. The van der Waals surface area contributed by atoms with Crippen LogP contribution in [0.3, 0.4) is 0 Å². The van der Waals surface area contributed by atoms with Crippen LogP contribution in [0.1, 0.15) is 45.6 Å². The Morgan fingerprint density at radius 3 is 2.30 bits per heavy atom. The minimum Gasteiger partial charge on any atom is -0.466 e. The molecule has 1 aliphatic heterocycles. The van der Waals surface area contributed by atoms with Crippen LogP contribution >= 0.6 is 0 Å². The predicted molar refractivity (Wildman–Crippen MR) is 131 cm³/mol. The molecule has 0 amide bonds.